The van der Waals surface area contributed by atoms with Gasteiger partial charge in [0.1, 0.15) is 16.6 Å². The van der Waals surface area contributed by atoms with Gasteiger partial charge < -0.3 is 9.42 Å². The lowest BCUT2D eigenvalue weighted by Gasteiger charge is -2.24. The molecule has 1 amide bonds. The third-order valence-electron chi connectivity index (χ3n) is 5.74. The molecular formula is C20H27N5O4S. The number of carbonyl (C=O) groups excluding carboxylic acids is 1. The van der Waals surface area contributed by atoms with Crippen molar-refractivity contribution in [3.8, 4) is 0 Å². The average molecular weight is 434 g/mol. The first-order valence-corrected chi connectivity index (χ1v) is 11.6. The van der Waals surface area contributed by atoms with Crippen LogP contribution in [0.4, 0.5) is 0 Å². The topological polar surface area (TPSA) is 108 Å². The van der Waals surface area contributed by atoms with Crippen molar-refractivity contribution in [1.29, 1.82) is 0 Å². The minimum Gasteiger partial charge on any atom is -0.360 e. The maximum Gasteiger partial charge on any atom is 0.248 e. The van der Waals surface area contributed by atoms with Crippen LogP contribution in [0.15, 0.2) is 39.8 Å². The number of aromatic nitrogens is 1. The van der Waals surface area contributed by atoms with E-state index >= 15 is 0 Å². The number of carbonyl (C=O) groups is 1. The Morgan fingerprint density at radius 1 is 1.10 bits per heavy atom. The fourth-order valence-electron chi connectivity index (χ4n) is 4.17. The second kappa shape index (κ2) is 8.46. The zero-order valence-corrected chi connectivity index (χ0v) is 18.0. The van der Waals surface area contributed by atoms with Crippen LogP contribution in [0.2, 0.25) is 0 Å². The van der Waals surface area contributed by atoms with Crippen molar-refractivity contribution in [2.75, 3.05) is 26.2 Å². The molecule has 0 aliphatic carbocycles. The molecule has 0 bridgehead atoms. The number of sulfonamides is 1. The van der Waals surface area contributed by atoms with Crippen LogP contribution in [-0.2, 0) is 14.8 Å². The van der Waals surface area contributed by atoms with Gasteiger partial charge in [-0.1, -0.05) is 35.5 Å². The first-order valence-electron chi connectivity index (χ1n) is 10.2. The van der Waals surface area contributed by atoms with Gasteiger partial charge in [0, 0.05) is 32.2 Å². The number of aryl methyl sites for hydroxylation is 2. The molecule has 0 spiro atoms. The summed E-state index contributed by atoms with van der Waals surface area (Å²) in [4.78, 5) is 14.9. The Balaban J connectivity index is 1.40. The Morgan fingerprint density at radius 3 is 2.57 bits per heavy atom. The number of rotatable bonds is 4. The molecule has 2 aliphatic rings. The van der Waals surface area contributed by atoms with Crippen LogP contribution >= 0.6 is 0 Å². The highest BCUT2D eigenvalue weighted by molar-refractivity contribution is 7.89. The van der Waals surface area contributed by atoms with Gasteiger partial charge in [-0.15, -0.1) is 0 Å². The fraction of sp³-hybridized carbons (Fsp3) is 0.500. The van der Waals surface area contributed by atoms with Crippen LogP contribution in [0.3, 0.4) is 0 Å². The molecular weight excluding hydrogens is 406 g/mol. The molecule has 2 fully saturated rings. The van der Waals surface area contributed by atoms with Gasteiger partial charge in [-0.2, -0.15) is 4.31 Å². The third kappa shape index (κ3) is 4.00. The molecule has 0 radical (unpaired) electrons. The molecule has 2 atom stereocenters. The van der Waals surface area contributed by atoms with Crippen molar-refractivity contribution >= 4 is 15.9 Å². The van der Waals surface area contributed by atoms with E-state index in [9.17, 15) is 13.2 Å². The second-order valence-corrected chi connectivity index (χ2v) is 9.65. The highest BCUT2D eigenvalue weighted by Gasteiger charge is 2.36. The maximum atomic E-state index is 13.1. The average Bonchev–Trinajstić information content (AvgIpc) is 3.27. The summed E-state index contributed by atoms with van der Waals surface area (Å²) in [5.74, 6) is 0.287. The first-order chi connectivity index (χ1) is 14.4. The van der Waals surface area contributed by atoms with E-state index in [0.717, 1.165) is 5.56 Å². The molecule has 9 nitrogen and oxygen atoms in total. The smallest absolute Gasteiger partial charge is 0.248 e. The van der Waals surface area contributed by atoms with Crippen molar-refractivity contribution in [1.82, 2.24) is 25.2 Å². The van der Waals surface area contributed by atoms with E-state index in [1.807, 2.05) is 30.3 Å². The number of hydrogen-bond donors (Lipinski definition) is 2. The van der Waals surface area contributed by atoms with Gasteiger partial charge in [-0.05, 0) is 32.3 Å². The molecule has 4 rings (SSSR count). The zero-order valence-electron chi connectivity index (χ0n) is 17.2. The highest BCUT2D eigenvalue weighted by atomic mass is 32.2. The van der Waals surface area contributed by atoms with E-state index in [0.29, 0.717) is 38.2 Å². The zero-order chi connectivity index (χ0) is 21.3. The van der Waals surface area contributed by atoms with E-state index in [4.69, 9.17) is 4.52 Å². The summed E-state index contributed by atoms with van der Waals surface area (Å²) >= 11 is 0. The quantitative estimate of drug-likeness (QED) is 0.744. The van der Waals surface area contributed by atoms with Gasteiger partial charge in [0.25, 0.3) is 0 Å². The van der Waals surface area contributed by atoms with Crippen LogP contribution in [0, 0.1) is 13.8 Å². The Morgan fingerprint density at radius 2 is 1.87 bits per heavy atom. The van der Waals surface area contributed by atoms with Gasteiger partial charge in [0.15, 0.2) is 5.76 Å². The van der Waals surface area contributed by atoms with E-state index in [2.05, 4.69) is 16.0 Å². The predicted molar refractivity (Wildman–Crippen MR) is 110 cm³/mol. The first kappa shape index (κ1) is 21.0. The molecule has 1 aromatic carbocycles. The van der Waals surface area contributed by atoms with Crippen LogP contribution in [0.1, 0.15) is 35.9 Å². The van der Waals surface area contributed by atoms with Crippen LogP contribution < -0.4 is 10.9 Å². The predicted octanol–water partition coefficient (Wildman–Crippen LogP) is 1.12. The number of hydrazine groups is 1. The third-order valence-corrected chi connectivity index (χ3v) is 7.88. The molecule has 2 unspecified atom stereocenters. The summed E-state index contributed by atoms with van der Waals surface area (Å²) < 4.78 is 32.6. The van der Waals surface area contributed by atoms with Crippen LogP contribution in [0.25, 0.3) is 0 Å². The molecule has 3 heterocycles. The molecule has 2 saturated heterocycles. The monoisotopic (exact) mass is 433 g/mol. The Kier molecular flexibility index (Phi) is 5.92. The minimum atomic E-state index is -3.71. The number of amides is 1. The van der Waals surface area contributed by atoms with Gasteiger partial charge >= 0.3 is 0 Å². The minimum absolute atomic E-state index is 0.00230. The summed E-state index contributed by atoms with van der Waals surface area (Å²) in [7, 11) is -3.71. The van der Waals surface area contributed by atoms with E-state index in [1.165, 1.54) is 4.31 Å². The van der Waals surface area contributed by atoms with Gasteiger partial charge in [0.05, 0.1) is 0 Å². The number of hydrogen-bond acceptors (Lipinski definition) is 7. The molecule has 30 heavy (non-hydrogen) atoms. The van der Waals surface area contributed by atoms with Gasteiger partial charge in [-0.25, -0.2) is 19.3 Å². The molecule has 162 valence electrons. The molecule has 10 heteroatoms. The molecule has 0 saturated carbocycles. The molecule has 2 aromatic rings. The van der Waals surface area contributed by atoms with Crippen LogP contribution in [0.5, 0.6) is 0 Å². The summed E-state index contributed by atoms with van der Waals surface area (Å²) in [6.07, 6.45) is 1.23. The van der Waals surface area contributed by atoms with Crippen molar-refractivity contribution in [2.24, 2.45) is 0 Å². The Bertz CT molecular complexity index is 988. The Labute approximate surface area is 176 Å². The lowest BCUT2D eigenvalue weighted by atomic mass is 10.0. The Hall–Kier alpha value is -2.27. The highest BCUT2D eigenvalue weighted by Crippen LogP contribution is 2.26. The number of nitrogens with one attached hydrogen (secondary N) is 2. The summed E-state index contributed by atoms with van der Waals surface area (Å²) in [6.45, 7) is 4.72. The van der Waals surface area contributed by atoms with Gasteiger partial charge in [-0.3, -0.25) is 4.79 Å². The summed E-state index contributed by atoms with van der Waals surface area (Å²) in [5, 5.41) is 3.77. The van der Waals surface area contributed by atoms with Crippen LogP contribution in [-0.4, -0.2) is 60.9 Å². The van der Waals surface area contributed by atoms with Crippen molar-refractivity contribution < 1.29 is 17.7 Å². The lowest BCUT2D eigenvalue weighted by Crippen LogP contribution is -2.47. The lowest BCUT2D eigenvalue weighted by molar-refractivity contribution is -0.133. The summed E-state index contributed by atoms with van der Waals surface area (Å²) in [6, 6.07) is 9.74. The SMILES string of the molecule is Cc1noc(C)c1S(=O)(=O)N1CCCN(C(=O)C2CC(c3ccccc3)NN2)CC1. The van der Waals surface area contributed by atoms with Gasteiger partial charge in [0.2, 0.25) is 15.9 Å². The normalized spacial score (nSPS) is 23.5. The van der Waals surface area contributed by atoms with Crippen molar-refractivity contribution in [3.05, 3.63) is 47.3 Å². The number of nitrogens with zero attached hydrogens (tertiary/aromatic N) is 3. The van der Waals surface area contributed by atoms with E-state index in [1.54, 1.807) is 18.7 Å². The second-order valence-electron chi connectivity index (χ2n) is 7.78. The fourth-order valence-corrected chi connectivity index (χ4v) is 5.93. The molecule has 2 aliphatic heterocycles. The standard InChI is InChI=1S/C20H27N5O4S/c1-14-19(15(2)29-23-14)30(27,28)25-10-6-9-24(11-12-25)20(26)18-13-17(21-22-18)16-7-4-3-5-8-16/h3-5,7-8,17-18,21-22H,6,9-13H2,1-2H3. The van der Waals surface area contributed by atoms with E-state index in [-0.39, 0.29) is 35.2 Å². The van der Waals surface area contributed by atoms with E-state index < -0.39 is 10.0 Å². The molecule has 1 aromatic heterocycles. The van der Waals surface area contributed by atoms with Crippen molar-refractivity contribution in [2.45, 2.75) is 43.7 Å². The maximum absolute atomic E-state index is 13.1. The number of benzene rings is 1. The van der Waals surface area contributed by atoms with Crippen molar-refractivity contribution in [3.63, 3.8) is 0 Å². The molecule has 2 N–H and O–H groups in total. The largest absolute Gasteiger partial charge is 0.360 e. The summed E-state index contributed by atoms with van der Waals surface area (Å²) in [5.41, 5.74) is 7.80.